The van der Waals surface area contributed by atoms with E-state index in [2.05, 4.69) is 14.8 Å². The molecule has 1 heterocycles. The van der Waals surface area contributed by atoms with E-state index in [4.69, 9.17) is 5.11 Å². The van der Waals surface area contributed by atoms with Crippen LogP contribution in [-0.4, -0.2) is 61.8 Å². The largest absolute Gasteiger partial charge is 0.481 e. The van der Waals surface area contributed by atoms with Crippen molar-refractivity contribution in [3.63, 3.8) is 0 Å². The van der Waals surface area contributed by atoms with E-state index in [-0.39, 0.29) is 28.4 Å². The van der Waals surface area contributed by atoms with Gasteiger partial charge < -0.3 is 19.5 Å². The van der Waals surface area contributed by atoms with Crippen LogP contribution in [0.15, 0.2) is 0 Å². The summed E-state index contributed by atoms with van der Waals surface area (Å²) in [5.41, 5.74) is 0.394. The van der Waals surface area contributed by atoms with Crippen molar-refractivity contribution in [1.82, 2.24) is 4.90 Å². The number of ether oxygens (including phenoxy) is 2. The second kappa shape index (κ2) is 8.29. The van der Waals surface area contributed by atoms with Gasteiger partial charge in [0.05, 0.1) is 26.2 Å². The van der Waals surface area contributed by atoms with Crippen molar-refractivity contribution in [3.05, 3.63) is 16.0 Å². The summed E-state index contributed by atoms with van der Waals surface area (Å²) >= 11 is 0.882. The van der Waals surface area contributed by atoms with Crippen molar-refractivity contribution >= 4 is 40.3 Å². The maximum Gasteiger partial charge on any atom is 0.348 e. The minimum absolute atomic E-state index is 0.0110. The first-order chi connectivity index (χ1) is 11.2. The quantitative estimate of drug-likeness (QED) is 0.740. The lowest BCUT2D eigenvalue weighted by Crippen LogP contribution is -2.33. The van der Waals surface area contributed by atoms with Gasteiger partial charge in [-0.2, -0.15) is 0 Å². The van der Waals surface area contributed by atoms with E-state index in [1.165, 1.54) is 21.3 Å². The van der Waals surface area contributed by atoms with Crippen molar-refractivity contribution in [2.75, 3.05) is 33.1 Å². The second-order valence-corrected chi connectivity index (χ2v) is 5.76. The highest BCUT2D eigenvalue weighted by Crippen LogP contribution is 2.34. The van der Waals surface area contributed by atoms with Crippen molar-refractivity contribution in [2.24, 2.45) is 0 Å². The number of carboxylic acid groups (broad SMARTS) is 1. The predicted molar refractivity (Wildman–Crippen MR) is 85.6 cm³/mol. The van der Waals surface area contributed by atoms with Crippen LogP contribution in [-0.2, 0) is 14.3 Å². The van der Waals surface area contributed by atoms with Gasteiger partial charge in [-0.15, -0.1) is 11.3 Å². The maximum absolute atomic E-state index is 12.1. The van der Waals surface area contributed by atoms with Gasteiger partial charge in [0, 0.05) is 13.6 Å². The van der Waals surface area contributed by atoms with Crippen LogP contribution in [0, 0.1) is 6.92 Å². The number of methoxy groups -OCH3 is 2. The molecule has 0 spiro atoms. The SMILES string of the molecule is COC(=O)c1sc(NC(=O)N(C)CCC(=O)O)c(C(=O)OC)c1C. The molecule has 9 nitrogen and oxygen atoms in total. The number of amides is 2. The van der Waals surface area contributed by atoms with E-state index < -0.39 is 23.9 Å². The van der Waals surface area contributed by atoms with Crippen molar-refractivity contribution in [1.29, 1.82) is 0 Å². The van der Waals surface area contributed by atoms with Crippen LogP contribution in [0.2, 0.25) is 0 Å². The Bertz CT molecular complexity index is 668. The zero-order valence-corrected chi connectivity index (χ0v) is 14.5. The number of anilines is 1. The molecule has 0 unspecified atom stereocenters. The van der Waals surface area contributed by atoms with Crippen LogP contribution in [0.4, 0.5) is 9.80 Å². The number of aliphatic carboxylic acids is 1. The third-order valence-corrected chi connectivity index (χ3v) is 4.32. The molecular formula is C14H18N2O7S. The molecule has 1 aromatic heterocycles. The van der Waals surface area contributed by atoms with E-state index in [9.17, 15) is 19.2 Å². The predicted octanol–water partition coefficient (Wildman–Crippen LogP) is 1.57. The maximum atomic E-state index is 12.1. The summed E-state index contributed by atoms with van der Waals surface area (Å²) in [6.45, 7) is 1.53. The number of thiophene rings is 1. The van der Waals surface area contributed by atoms with E-state index in [0.717, 1.165) is 16.2 Å². The van der Waals surface area contributed by atoms with Gasteiger partial charge in [0.25, 0.3) is 0 Å². The lowest BCUT2D eigenvalue weighted by atomic mass is 10.1. The first-order valence-corrected chi connectivity index (χ1v) is 7.58. The molecule has 2 amide bonds. The number of hydrogen-bond acceptors (Lipinski definition) is 7. The summed E-state index contributed by atoms with van der Waals surface area (Å²) in [5.74, 6) is -2.38. The summed E-state index contributed by atoms with van der Waals surface area (Å²) < 4.78 is 9.33. The highest BCUT2D eigenvalue weighted by atomic mass is 32.1. The molecule has 132 valence electrons. The van der Waals surface area contributed by atoms with Crippen LogP contribution in [0.1, 0.15) is 32.0 Å². The molecule has 0 fully saturated rings. The molecule has 10 heteroatoms. The number of hydrogen-bond donors (Lipinski definition) is 2. The number of carbonyl (C=O) groups is 4. The smallest absolute Gasteiger partial charge is 0.348 e. The molecule has 2 N–H and O–H groups in total. The van der Waals surface area contributed by atoms with E-state index in [1.807, 2.05) is 0 Å². The molecule has 0 aliphatic heterocycles. The normalized spacial score (nSPS) is 10.0. The van der Waals surface area contributed by atoms with Gasteiger partial charge in [0.1, 0.15) is 9.88 Å². The molecule has 1 rings (SSSR count). The zero-order chi connectivity index (χ0) is 18.4. The Morgan fingerprint density at radius 2 is 1.75 bits per heavy atom. The van der Waals surface area contributed by atoms with Gasteiger partial charge >= 0.3 is 23.9 Å². The summed E-state index contributed by atoms with van der Waals surface area (Å²) in [6, 6.07) is -0.612. The average molecular weight is 358 g/mol. The lowest BCUT2D eigenvalue weighted by Gasteiger charge is -2.16. The standard InChI is InChI=1S/C14H18N2O7S/c1-7-9(12(19)22-3)11(24-10(7)13(20)23-4)15-14(21)16(2)6-5-8(17)18/h5-6H2,1-4H3,(H,15,21)(H,17,18). The Morgan fingerprint density at radius 1 is 1.17 bits per heavy atom. The van der Waals surface area contributed by atoms with Crippen LogP contribution in [0.5, 0.6) is 0 Å². The topological polar surface area (TPSA) is 122 Å². The summed E-state index contributed by atoms with van der Waals surface area (Å²) in [5, 5.41) is 11.3. The Kier molecular flexibility index (Phi) is 6.71. The van der Waals surface area contributed by atoms with Gasteiger partial charge in [0.2, 0.25) is 0 Å². The summed E-state index contributed by atoms with van der Waals surface area (Å²) in [4.78, 5) is 47.7. The third kappa shape index (κ3) is 4.44. The number of carbonyl (C=O) groups excluding carboxylic acids is 3. The molecule has 0 aromatic carbocycles. The molecule has 0 aliphatic carbocycles. The van der Waals surface area contributed by atoms with Crippen LogP contribution in [0.3, 0.4) is 0 Å². The summed E-state index contributed by atoms with van der Waals surface area (Å²) in [7, 11) is 3.80. The van der Waals surface area contributed by atoms with Crippen molar-refractivity contribution in [3.8, 4) is 0 Å². The molecule has 1 aromatic rings. The van der Waals surface area contributed by atoms with Crippen molar-refractivity contribution < 1.29 is 33.8 Å². The van der Waals surface area contributed by atoms with Crippen LogP contribution in [0.25, 0.3) is 0 Å². The Hall–Kier alpha value is -2.62. The highest BCUT2D eigenvalue weighted by molar-refractivity contribution is 7.18. The van der Waals surface area contributed by atoms with Gasteiger partial charge in [0.15, 0.2) is 0 Å². The van der Waals surface area contributed by atoms with Gasteiger partial charge in [-0.25, -0.2) is 14.4 Å². The molecular weight excluding hydrogens is 340 g/mol. The number of nitrogens with one attached hydrogen (secondary N) is 1. The highest BCUT2D eigenvalue weighted by Gasteiger charge is 2.27. The van der Waals surface area contributed by atoms with Gasteiger partial charge in [-0.05, 0) is 12.5 Å². The molecule has 0 aliphatic rings. The average Bonchev–Trinajstić information content (AvgIpc) is 2.87. The van der Waals surface area contributed by atoms with Gasteiger partial charge in [-0.1, -0.05) is 0 Å². The number of carboxylic acids is 1. The fourth-order valence-electron chi connectivity index (χ4n) is 1.79. The van der Waals surface area contributed by atoms with Gasteiger partial charge in [-0.3, -0.25) is 10.1 Å². The number of urea groups is 1. The molecule has 0 radical (unpaired) electrons. The first-order valence-electron chi connectivity index (χ1n) is 6.76. The molecule has 0 atom stereocenters. The Balaban J connectivity index is 3.09. The summed E-state index contributed by atoms with van der Waals surface area (Å²) in [6.07, 6.45) is -0.218. The Labute approximate surface area is 142 Å². The van der Waals surface area contributed by atoms with Crippen molar-refractivity contribution in [2.45, 2.75) is 13.3 Å². The van der Waals surface area contributed by atoms with Crippen LogP contribution >= 0.6 is 11.3 Å². The first kappa shape index (κ1) is 19.4. The number of rotatable bonds is 6. The molecule has 24 heavy (non-hydrogen) atoms. The molecule has 0 saturated heterocycles. The van der Waals surface area contributed by atoms with E-state index in [1.54, 1.807) is 6.92 Å². The van der Waals surface area contributed by atoms with E-state index in [0.29, 0.717) is 5.56 Å². The third-order valence-electron chi connectivity index (χ3n) is 3.14. The molecule has 0 bridgehead atoms. The second-order valence-electron chi connectivity index (χ2n) is 4.74. The minimum Gasteiger partial charge on any atom is -0.481 e. The fraction of sp³-hybridized carbons (Fsp3) is 0.429. The minimum atomic E-state index is -1.04. The molecule has 0 saturated carbocycles. The van der Waals surface area contributed by atoms with Crippen LogP contribution < -0.4 is 5.32 Å². The zero-order valence-electron chi connectivity index (χ0n) is 13.7. The monoisotopic (exact) mass is 358 g/mol. The lowest BCUT2D eigenvalue weighted by molar-refractivity contribution is -0.137. The van der Waals surface area contributed by atoms with E-state index >= 15 is 0 Å². The number of nitrogens with zero attached hydrogens (tertiary/aromatic N) is 1. The fourth-order valence-corrected chi connectivity index (χ4v) is 2.90. The Morgan fingerprint density at radius 3 is 2.25 bits per heavy atom. The number of esters is 2.